The number of benzene rings is 2. The molecule has 1 atom stereocenters. The lowest BCUT2D eigenvalue weighted by Gasteiger charge is -2.31. The van der Waals surface area contributed by atoms with Crippen LogP contribution in [-0.4, -0.2) is 33.9 Å². The van der Waals surface area contributed by atoms with E-state index in [0.29, 0.717) is 41.4 Å². The van der Waals surface area contributed by atoms with Crippen LogP contribution < -0.4 is 0 Å². The monoisotopic (exact) mass is 415 g/mol. The predicted molar refractivity (Wildman–Crippen MR) is 116 cm³/mol. The summed E-state index contributed by atoms with van der Waals surface area (Å²) in [5, 5.41) is 0.582. The van der Waals surface area contributed by atoms with Crippen LogP contribution >= 0.6 is 0 Å². The number of rotatable bonds is 3. The first-order valence-electron chi connectivity index (χ1n) is 10.9. The second-order valence-electron chi connectivity index (χ2n) is 8.64. The highest BCUT2D eigenvalue weighted by atomic mass is 19.1. The van der Waals surface area contributed by atoms with E-state index in [0.717, 1.165) is 42.5 Å². The van der Waals surface area contributed by atoms with E-state index in [1.807, 2.05) is 35.2 Å². The summed E-state index contributed by atoms with van der Waals surface area (Å²) in [4.78, 5) is 24.8. The molecule has 3 heterocycles. The van der Waals surface area contributed by atoms with Crippen LogP contribution in [0.25, 0.3) is 22.0 Å². The third kappa shape index (κ3) is 3.36. The lowest BCUT2D eigenvalue weighted by atomic mass is 9.96. The van der Waals surface area contributed by atoms with Crippen LogP contribution in [0, 0.1) is 5.82 Å². The van der Waals surface area contributed by atoms with Gasteiger partial charge in [0.05, 0.1) is 17.0 Å². The average Bonchev–Trinajstić information content (AvgIpc) is 3.56. The number of carbonyl (C=O) groups excluding carboxylic acids is 1. The Kier molecular flexibility index (Phi) is 4.26. The van der Waals surface area contributed by atoms with Crippen molar-refractivity contribution in [1.29, 1.82) is 0 Å². The molecule has 2 fully saturated rings. The molecule has 1 amide bonds. The van der Waals surface area contributed by atoms with Gasteiger partial charge in [0.15, 0.2) is 11.5 Å². The zero-order valence-corrected chi connectivity index (χ0v) is 17.1. The van der Waals surface area contributed by atoms with Crippen molar-refractivity contribution in [2.24, 2.45) is 0 Å². The molecule has 2 aliphatic rings. The molecular weight excluding hydrogens is 393 g/mol. The van der Waals surface area contributed by atoms with Gasteiger partial charge >= 0.3 is 0 Å². The number of nitrogens with zero attached hydrogens (tertiary/aromatic N) is 3. The lowest BCUT2D eigenvalue weighted by Crippen LogP contribution is -2.39. The minimum atomic E-state index is -0.356. The summed E-state index contributed by atoms with van der Waals surface area (Å²) in [6.07, 6.45) is 3.99. The molecule has 156 valence electrons. The molecule has 2 aromatic carbocycles. The number of amides is 1. The number of carbonyl (C=O) groups is 1. The third-order valence-corrected chi connectivity index (χ3v) is 6.38. The standard InChI is InChI=1S/C25H22FN3O2/c26-17-9-10-20-18(12-17)19(13-22(27-20)15-7-8-15)25(30)29-11-3-4-16(14-29)24-28-21-5-1-2-6-23(21)31-24/h1-2,5-6,9-10,12-13,15-16H,3-4,7-8,11,14H2. The summed E-state index contributed by atoms with van der Waals surface area (Å²) in [6, 6.07) is 14.1. The van der Waals surface area contributed by atoms with E-state index in [1.165, 1.54) is 12.1 Å². The van der Waals surface area contributed by atoms with Crippen LogP contribution in [0.15, 0.2) is 52.9 Å². The number of pyridine rings is 1. The molecule has 0 radical (unpaired) electrons. The Bertz CT molecular complexity index is 1280. The van der Waals surface area contributed by atoms with E-state index in [-0.39, 0.29) is 17.6 Å². The van der Waals surface area contributed by atoms with Crippen LogP contribution in [0.2, 0.25) is 0 Å². The molecule has 4 aromatic rings. The van der Waals surface area contributed by atoms with Crippen LogP contribution in [0.4, 0.5) is 4.39 Å². The van der Waals surface area contributed by atoms with Gasteiger partial charge in [0, 0.05) is 30.1 Å². The Labute approximate surface area is 178 Å². The molecule has 1 saturated heterocycles. The van der Waals surface area contributed by atoms with Crippen molar-refractivity contribution in [2.45, 2.75) is 37.5 Å². The van der Waals surface area contributed by atoms with E-state index in [2.05, 4.69) is 4.98 Å². The molecule has 1 saturated carbocycles. The molecule has 0 spiro atoms. The fourth-order valence-electron chi connectivity index (χ4n) is 4.58. The number of aromatic nitrogens is 2. The van der Waals surface area contributed by atoms with Crippen LogP contribution in [0.1, 0.15) is 59.5 Å². The molecule has 6 rings (SSSR count). The summed E-state index contributed by atoms with van der Waals surface area (Å²) in [7, 11) is 0. The molecule has 1 aliphatic carbocycles. The molecule has 1 aliphatic heterocycles. The van der Waals surface area contributed by atoms with Gasteiger partial charge in [-0.15, -0.1) is 0 Å². The smallest absolute Gasteiger partial charge is 0.254 e. The number of hydrogen-bond acceptors (Lipinski definition) is 4. The van der Waals surface area contributed by atoms with Crippen molar-refractivity contribution in [3.8, 4) is 0 Å². The van der Waals surface area contributed by atoms with Gasteiger partial charge in [-0.2, -0.15) is 0 Å². The maximum atomic E-state index is 14.0. The van der Waals surface area contributed by atoms with Gasteiger partial charge in [-0.25, -0.2) is 9.37 Å². The molecule has 0 bridgehead atoms. The molecule has 0 N–H and O–H groups in total. The normalized spacial score (nSPS) is 19.3. The highest BCUT2D eigenvalue weighted by Crippen LogP contribution is 2.40. The first-order chi connectivity index (χ1) is 15.2. The fraction of sp³-hybridized carbons (Fsp3) is 0.320. The van der Waals surface area contributed by atoms with Crippen LogP contribution in [0.5, 0.6) is 0 Å². The van der Waals surface area contributed by atoms with Gasteiger partial charge in [0.1, 0.15) is 11.3 Å². The first kappa shape index (κ1) is 18.5. The van der Waals surface area contributed by atoms with Crippen molar-refractivity contribution in [3.05, 3.63) is 71.5 Å². The van der Waals surface area contributed by atoms with E-state index < -0.39 is 0 Å². The SMILES string of the molecule is O=C(c1cc(C2CC2)nc2ccc(F)cc12)N1CCCC(c2nc3ccccc3o2)C1. The molecule has 1 unspecified atom stereocenters. The number of likely N-dealkylation sites (tertiary alicyclic amines) is 1. The van der Waals surface area contributed by atoms with Gasteiger partial charge in [0.2, 0.25) is 0 Å². The van der Waals surface area contributed by atoms with Crippen molar-refractivity contribution >= 4 is 27.9 Å². The molecular formula is C25H22FN3O2. The van der Waals surface area contributed by atoms with E-state index in [4.69, 9.17) is 9.40 Å². The van der Waals surface area contributed by atoms with Crippen molar-refractivity contribution in [2.75, 3.05) is 13.1 Å². The van der Waals surface area contributed by atoms with Gasteiger partial charge in [-0.05, 0) is 62.1 Å². The molecule has 6 heteroatoms. The Morgan fingerprint density at radius 2 is 1.87 bits per heavy atom. The van der Waals surface area contributed by atoms with Gasteiger partial charge < -0.3 is 9.32 Å². The maximum absolute atomic E-state index is 14.0. The predicted octanol–water partition coefficient (Wildman–Crippen LogP) is 5.41. The highest BCUT2D eigenvalue weighted by molar-refractivity contribution is 6.06. The zero-order valence-electron chi connectivity index (χ0n) is 17.1. The number of hydrogen-bond donors (Lipinski definition) is 0. The Morgan fingerprint density at radius 1 is 1.00 bits per heavy atom. The minimum absolute atomic E-state index is 0.0536. The number of para-hydroxylation sites is 2. The second-order valence-corrected chi connectivity index (χ2v) is 8.64. The fourth-order valence-corrected chi connectivity index (χ4v) is 4.58. The van der Waals surface area contributed by atoms with Crippen LogP contribution in [-0.2, 0) is 0 Å². The average molecular weight is 415 g/mol. The summed E-state index contributed by atoms with van der Waals surface area (Å²) >= 11 is 0. The highest BCUT2D eigenvalue weighted by Gasteiger charge is 2.31. The summed E-state index contributed by atoms with van der Waals surface area (Å²) in [6.45, 7) is 1.22. The summed E-state index contributed by atoms with van der Waals surface area (Å²) in [5.74, 6) is 0.724. The van der Waals surface area contributed by atoms with Crippen molar-refractivity contribution in [3.63, 3.8) is 0 Å². The summed E-state index contributed by atoms with van der Waals surface area (Å²) < 4.78 is 20.0. The topological polar surface area (TPSA) is 59.2 Å². The van der Waals surface area contributed by atoms with Gasteiger partial charge in [0.25, 0.3) is 5.91 Å². The zero-order chi connectivity index (χ0) is 20.9. The third-order valence-electron chi connectivity index (χ3n) is 6.38. The quantitative estimate of drug-likeness (QED) is 0.449. The number of piperidine rings is 1. The van der Waals surface area contributed by atoms with E-state index >= 15 is 0 Å². The largest absolute Gasteiger partial charge is 0.440 e. The number of halogens is 1. The second kappa shape index (κ2) is 7.15. The Morgan fingerprint density at radius 3 is 2.71 bits per heavy atom. The maximum Gasteiger partial charge on any atom is 0.254 e. The lowest BCUT2D eigenvalue weighted by molar-refractivity contribution is 0.0700. The van der Waals surface area contributed by atoms with E-state index in [9.17, 15) is 9.18 Å². The van der Waals surface area contributed by atoms with Crippen LogP contribution in [0.3, 0.4) is 0 Å². The number of oxazole rings is 1. The van der Waals surface area contributed by atoms with Gasteiger partial charge in [-0.1, -0.05) is 12.1 Å². The molecule has 5 nitrogen and oxygen atoms in total. The van der Waals surface area contributed by atoms with Crippen molar-refractivity contribution < 1.29 is 13.6 Å². The molecule has 31 heavy (non-hydrogen) atoms. The van der Waals surface area contributed by atoms with Crippen molar-refractivity contribution in [1.82, 2.24) is 14.9 Å². The van der Waals surface area contributed by atoms with E-state index in [1.54, 1.807) is 6.07 Å². The number of fused-ring (bicyclic) bond motifs is 2. The first-order valence-corrected chi connectivity index (χ1v) is 10.9. The summed E-state index contributed by atoms with van der Waals surface area (Å²) in [5.41, 5.74) is 3.78. The van der Waals surface area contributed by atoms with Gasteiger partial charge in [-0.3, -0.25) is 9.78 Å². The molecule has 2 aromatic heterocycles. The Balaban J connectivity index is 1.34. The Hall–Kier alpha value is -3.28. The minimum Gasteiger partial charge on any atom is -0.440 e.